The van der Waals surface area contributed by atoms with Crippen LogP contribution < -0.4 is 4.74 Å². The van der Waals surface area contributed by atoms with Crippen LogP contribution in [0.2, 0.25) is 10.0 Å². The van der Waals surface area contributed by atoms with E-state index < -0.39 is 17.9 Å². The normalized spacial score (nSPS) is 19.2. The molecule has 29 heavy (non-hydrogen) atoms. The van der Waals surface area contributed by atoms with E-state index in [0.717, 1.165) is 0 Å². The highest BCUT2D eigenvalue weighted by Gasteiger charge is 2.41. The molecule has 5 nitrogen and oxygen atoms in total. The van der Waals surface area contributed by atoms with Gasteiger partial charge in [-0.05, 0) is 19.1 Å². The summed E-state index contributed by atoms with van der Waals surface area (Å²) in [7, 11) is 0. The van der Waals surface area contributed by atoms with E-state index in [4.69, 9.17) is 37.4 Å². The van der Waals surface area contributed by atoms with Crippen LogP contribution in [0.5, 0.6) is 5.75 Å². The van der Waals surface area contributed by atoms with Crippen LogP contribution in [0.25, 0.3) is 5.76 Å². The molecule has 2 aromatic rings. The Morgan fingerprint density at radius 2 is 1.97 bits per heavy atom. The Kier molecular flexibility index (Phi) is 5.35. The molecule has 0 saturated heterocycles. The molecule has 1 atom stereocenters. The summed E-state index contributed by atoms with van der Waals surface area (Å²) in [5, 5.41) is 0.679. The van der Waals surface area contributed by atoms with Crippen molar-refractivity contribution in [1.82, 2.24) is 0 Å². The van der Waals surface area contributed by atoms with Gasteiger partial charge in [0.05, 0.1) is 23.3 Å². The van der Waals surface area contributed by atoms with Crippen molar-refractivity contribution in [2.75, 3.05) is 6.61 Å². The lowest BCUT2D eigenvalue weighted by atomic mass is 9.82. The van der Waals surface area contributed by atoms with Crippen LogP contribution in [0.1, 0.15) is 30.4 Å². The van der Waals surface area contributed by atoms with Gasteiger partial charge in [0.15, 0.2) is 5.75 Å². The maximum absolute atomic E-state index is 12.9. The van der Waals surface area contributed by atoms with Crippen molar-refractivity contribution in [3.8, 4) is 5.75 Å². The molecule has 0 amide bonds. The molecule has 0 bridgehead atoms. The van der Waals surface area contributed by atoms with Crippen molar-refractivity contribution >= 4 is 40.9 Å². The first-order valence-corrected chi connectivity index (χ1v) is 9.79. The first-order chi connectivity index (χ1) is 14.0. The molecule has 0 fully saturated rings. The first kappa shape index (κ1) is 19.6. The van der Waals surface area contributed by atoms with Crippen molar-refractivity contribution in [2.24, 2.45) is 0 Å². The fourth-order valence-corrected chi connectivity index (χ4v) is 4.04. The second kappa shape index (κ2) is 7.93. The number of fused-ring (bicyclic) bond motifs is 3. The molecule has 148 valence electrons. The van der Waals surface area contributed by atoms with E-state index in [2.05, 4.69) is 0 Å². The average Bonchev–Trinajstić information content (AvgIpc) is 2.69. The summed E-state index contributed by atoms with van der Waals surface area (Å²) in [6.45, 7) is 1.97. The number of benzene rings is 2. The van der Waals surface area contributed by atoms with E-state index in [0.29, 0.717) is 33.2 Å². The molecule has 1 unspecified atom stereocenters. The van der Waals surface area contributed by atoms with Crippen molar-refractivity contribution in [2.45, 2.75) is 19.3 Å². The Labute approximate surface area is 177 Å². The van der Waals surface area contributed by atoms with Crippen LogP contribution in [0.4, 0.5) is 0 Å². The highest BCUT2D eigenvalue weighted by molar-refractivity contribution is 6.36. The summed E-state index contributed by atoms with van der Waals surface area (Å²) >= 11 is 12.5. The summed E-state index contributed by atoms with van der Waals surface area (Å²) in [4.78, 5) is 24.9. The lowest BCUT2D eigenvalue weighted by molar-refractivity contribution is -0.137. The van der Waals surface area contributed by atoms with E-state index in [9.17, 15) is 9.59 Å². The number of hydrogen-bond donors (Lipinski definition) is 0. The zero-order chi connectivity index (χ0) is 20.5. The lowest BCUT2D eigenvalue weighted by Gasteiger charge is -2.34. The monoisotopic (exact) mass is 430 g/mol. The molecular weight excluding hydrogens is 415 g/mol. The number of ether oxygens (including phenoxy) is 3. The summed E-state index contributed by atoms with van der Waals surface area (Å²) in [6, 6.07) is 12.4. The molecule has 0 spiro atoms. The van der Waals surface area contributed by atoms with Crippen LogP contribution in [0.15, 0.2) is 59.9 Å². The van der Waals surface area contributed by atoms with Gasteiger partial charge in [0.25, 0.3) is 0 Å². The number of halogens is 2. The van der Waals surface area contributed by atoms with Crippen LogP contribution >= 0.6 is 23.2 Å². The summed E-state index contributed by atoms with van der Waals surface area (Å²) in [6.07, 6.45) is 1.57. The van der Waals surface area contributed by atoms with Gasteiger partial charge in [0.1, 0.15) is 11.5 Å². The quantitative estimate of drug-likeness (QED) is 0.376. The van der Waals surface area contributed by atoms with Gasteiger partial charge < -0.3 is 14.2 Å². The fourth-order valence-electron chi connectivity index (χ4n) is 3.49. The summed E-state index contributed by atoms with van der Waals surface area (Å²) in [5.74, 6) is -0.481. The van der Waals surface area contributed by atoms with Crippen LogP contribution in [-0.2, 0) is 19.1 Å². The number of hydrogen-bond acceptors (Lipinski definition) is 5. The third-order valence-electron chi connectivity index (χ3n) is 4.66. The number of carbonyl (C=O) groups excluding carboxylic acids is 2. The highest BCUT2D eigenvalue weighted by Crippen LogP contribution is 2.50. The SMILES string of the molecule is CCOC(=O)/C=C1\CC2C(=C(c3ccccc3)O1)C(=O)Oc1c(Cl)cc(Cl)cc12. The molecule has 4 rings (SSSR count). The predicted molar refractivity (Wildman–Crippen MR) is 109 cm³/mol. The first-order valence-electron chi connectivity index (χ1n) is 9.03. The smallest absolute Gasteiger partial charge is 0.343 e. The van der Waals surface area contributed by atoms with Crippen molar-refractivity contribution in [3.63, 3.8) is 0 Å². The molecule has 2 aromatic carbocycles. The number of rotatable bonds is 3. The number of carbonyl (C=O) groups is 2. The van der Waals surface area contributed by atoms with Gasteiger partial charge in [-0.1, -0.05) is 53.5 Å². The van der Waals surface area contributed by atoms with Gasteiger partial charge in [-0.15, -0.1) is 0 Å². The number of esters is 2. The summed E-state index contributed by atoms with van der Waals surface area (Å²) < 4.78 is 16.5. The highest BCUT2D eigenvalue weighted by atomic mass is 35.5. The van der Waals surface area contributed by atoms with Crippen molar-refractivity contribution in [1.29, 1.82) is 0 Å². The minimum Gasteiger partial charge on any atom is -0.463 e. The van der Waals surface area contributed by atoms with Gasteiger partial charge in [0, 0.05) is 28.5 Å². The van der Waals surface area contributed by atoms with E-state index in [1.807, 2.05) is 30.3 Å². The molecular formula is C22H16Cl2O5. The van der Waals surface area contributed by atoms with Crippen LogP contribution in [-0.4, -0.2) is 18.5 Å². The maximum atomic E-state index is 12.9. The molecule has 0 radical (unpaired) electrons. The van der Waals surface area contributed by atoms with Gasteiger partial charge in [-0.2, -0.15) is 0 Å². The maximum Gasteiger partial charge on any atom is 0.343 e. The molecule has 0 saturated carbocycles. The Balaban J connectivity index is 1.90. The topological polar surface area (TPSA) is 61.8 Å². The van der Waals surface area contributed by atoms with E-state index in [-0.39, 0.29) is 23.8 Å². The zero-order valence-electron chi connectivity index (χ0n) is 15.4. The Morgan fingerprint density at radius 3 is 2.69 bits per heavy atom. The van der Waals surface area contributed by atoms with Gasteiger partial charge in [-0.3, -0.25) is 0 Å². The largest absolute Gasteiger partial charge is 0.463 e. The molecule has 0 N–H and O–H groups in total. The van der Waals surface area contributed by atoms with Gasteiger partial charge in [-0.25, -0.2) is 9.59 Å². The van der Waals surface area contributed by atoms with Crippen molar-refractivity contribution in [3.05, 3.63) is 81.0 Å². The van der Waals surface area contributed by atoms with Crippen molar-refractivity contribution < 1.29 is 23.8 Å². The zero-order valence-corrected chi connectivity index (χ0v) is 16.9. The molecule has 7 heteroatoms. The Morgan fingerprint density at radius 1 is 1.21 bits per heavy atom. The number of allylic oxidation sites excluding steroid dienone is 1. The Bertz CT molecular complexity index is 1060. The molecule has 2 heterocycles. The van der Waals surface area contributed by atoms with E-state index in [1.54, 1.807) is 13.0 Å². The van der Waals surface area contributed by atoms with Crippen LogP contribution in [0.3, 0.4) is 0 Å². The average molecular weight is 431 g/mol. The minimum atomic E-state index is -0.541. The van der Waals surface area contributed by atoms with Gasteiger partial charge >= 0.3 is 11.9 Å². The van der Waals surface area contributed by atoms with E-state index >= 15 is 0 Å². The fraction of sp³-hybridized carbons (Fsp3) is 0.182. The minimum absolute atomic E-state index is 0.249. The summed E-state index contributed by atoms with van der Waals surface area (Å²) in [5.41, 5.74) is 1.72. The molecule has 0 aromatic heterocycles. The predicted octanol–water partition coefficient (Wildman–Crippen LogP) is 5.27. The van der Waals surface area contributed by atoms with E-state index in [1.165, 1.54) is 12.1 Å². The molecule has 2 aliphatic heterocycles. The molecule has 0 aliphatic carbocycles. The third-order valence-corrected chi connectivity index (χ3v) is 5.16. The second-order valence-corrected chi connectivity index (χ2v) is 7.37. The Hall–Kier alpha value is -2.76. The molecule has 2 aliphatic rings. The lowest BCUT2D eigenvalue weighted by Crippen LogP contribution is -2.29. The standard InChI is InChI=1S/C22H16Cl2O5/c1-2-27-18(25)11-14-10-15-16-8-13(23)9-17(24)21(16)29-22(26)19(15)20(28-14)12-6-4-3-5-7-12/h3-9,11,15H,2,10H2,1H3/b14-11+. The van der Waals surface area contributed by atoms with Crippen LogP contribution in [0, 0.1) is 0 Å². The second-order valence-electron chi connectivity index (χ2n) is 6.53. The van der Waals surface area contributed by atoms with Gasteiger partial charge in [0.2, 0.25) is 0 Å². The third kappa shape index (κ3) is 3.76.